The van der Waals surface area contributed by atoms with Crippen LogP contribution < -0.4 is 5.73 Å². The van der Waals surface area contributed by atoms with Gasteiger partial charge in [-0.2, -0.15) is 0 Å². The molecule has 0 amide bonds. The number of anilines is 1. The number of carbonyl (C=O) groups is 2. The highest BCUT2D eigenvalue weighted by molar-refractivity contribution is 6.74. The maximum Gasteiger partial charge on any atom is 0.352 e. The zero-order valence-electron chi connectivity index (χ0n) is 24.9. The van der Waals surface area contributed by atoms with Gasteiger partial charge in [0.05, 0.1) is 12.4 Å². The molecule has 1 aliphatic heterocycles. The summed E-state index contributed by atoms with van der Waals surface area (Å²) in [5.41, 5.74) is 2.33. The summed E-state index contributed by atoms with van der Waals surface area (Å²) >= 11 is 0. The highest BCUT2D eigenvalue weighted by Gasteiger charge is 2.66. The Hall–Kier alpha value is -2.61. The second-order valence-corrected chi connectivity index (χ2v) is 18.2. The minimum atomic E-state index is -2.90. The minimum Gasteiger partial charge on any atom is -0.457 e. The van der Waals surface area contributed by atoms with Gasteiger partial charge < -0.3 is 29.5 Å². The third-order valence-electron chi connectivity index (χ3n) is 6.82. The van der Waals surface area contributed by atoms with Crippen LogP contribution in [0.15, 0.2) is 12.7 Å². The number of nitrogens with two attached hydrogens (primary N) is 1. The van der Waals surface area contributed by atoms with Crippen LogP contribution >= 0.6 is 0 Å². The smallest absolute Gasteiger partial charge is 0.352 e. The van der Waals surface area contributed by atoms with Gasteiger partial charge in [0.2, 0.25) is 0 Å². The van der Waals surface area contributed by atoms with E-state index in [1.165, 1.54) is 12.7 Å². The average molecular weight is 566 g/mol. The van der Waals surface area contributed by atoms with Crippen molar-refractivity contribution in [2.45, 2.75) is 122 Å². The van der Waals surface area contributed by atoms with Crippen LogP contribution in [-0.4, -0.2) is 73.9 Å². The lowest BCUT2D eigenvalue weighted by atomic mass is 9.91. The van der Waals surface area contributed by atoms with Gasteiger partial charge in [-0.1, -0.05) is 20.8 Å². The number of esters is 2. The standard InChI is InChI=1S/C26H43N5O7Si/c1-23(2,3)36-21(33)26(22(34)37-24(4,5)6,38-39(10,11)25(7,8)9)18-15(32)12-16(35-18)31-14-30-17-19(27)28-13-29-20(17)31/h13-16,18,32H,12H2,1-11H3,(H2,27,28,29)/t15-,16+,18-/m0/s1. The maximum absolute atomic E-state index is 14.1. The first-order valence-corrected chi connectivity index (χ1v) is 15.9. The number of ether oxygens (including phenoxy) is 3. The Kier molecular flexibility index (Phi) is 8.00. The lowest BCUT2D eigenvalue weighted by Crippen LogP contribution is -2.68. The number of nitrogen functional groups attached to an aromatic ring is 1. The Balaban J connectivity index is 2.20. The quantitative estimate of drug-likeness (QED) is 0.299. The molecule has 2 aromatic rings. The molecule has 0 aromatic carbocycles. The van der Waals surface area contributed by atoms with Crippen molar-refractivity contribution in [2.24, 2.45) is 0 Å². The highest BCUT2D eigenvalue weighted by Crippen LogP contribution is 2.45. The molecule has 0 radical (unpaired) electrons. The molecule has 3 atom stereocenters. The van der Waals surface area contributed by atoms with Crippen LogP contribution in [0.3, 0.4) is 0 Å². The molecule has 39 heavy (non-hydrogen) atoms. The Morgan fingerprint density at radius 1 is 1.00 bits per heavy atom. The number of aromatic nitrogens is 4. The fourth-order valence-corrected chi connectivity index (χ4v) is 5.39. The lowest BCUT2D eigenvalue weighted by Gasteiger charge is -2.46. The molecule has 0 bridgehead atoms. The molecule has 1 aliphatic rings. The highest BCUT2D eigenvalue weighted by atomic mass is 28.4. The van der Waals surface area contributed by atoms with Crippen LogP contribution in [0.4, 0.5) is 5.82 Å². The molecule has 3 heterocycles. The predicted octanol–water partition coefficient (Wildman–Crippen LogP) is 3.50. The van der Waals surface area contributed by atoms with E-state index in [2.05, 4.69) is 15.0 Å². The fourth-order valence-electron chi connectivity index (χ4n) is 3.99. The summed E-state index contributed by atoms with van der Waals surface area (Å²) in [6, 6.07) is 0. The number of nitrogens with zero attached hydrogens (tertiary/aromatic N) is 4. The summed E-state index contributed by atoms with van der Waals surface area (Å²) in [6.45, 7) is 19.9. The van der Waals surface area contributed by atoms with Gasteiger partial charge in [-0.15, -0.1) is 0 Å². The summed E-state index contributed by atoms with van der Waals surface area (Å²) < 4.78 is 26.1. The van der Waals surface area contributed by atoms with E-state index < -0.39 is 60.5 Å². The summed E-state index contributed by atoms with van der Waals surface area (Å²) in [7, 11) is -2.90. The average Bonchev–Trinajstić information content (AvgIpc) is 3.33. The number of hydrogen-bond acceptors (Lipinski definition) is 11. The number of rotatable bonds is 6. The number of aliphatic hydroxyl groups excluding tert-OH is 1. The van der Waals surface area contributed by atoms with E-state index in [9.17, 15) is 14.7 Å². The van der Waals surface area contributed by atoms with Crippen LogP contribution in [0.5, 0.6) is 0 Å². The SMILES string of the molecule is CC(C)(C)OC(=O)C(O[Si](C)(C)C(C)(C)C)(C(=O)OC(C)(C)C)[C@H]1O[C@@H](n2cnc3c(N)ncnc32)C[C@@H]1O. The zero-order valence-corrected chi connectivity index (χ0v) is 25.9. The van der Waals surface area contributed by atoms with E-state index in [-0.39, 0.29) is 12.2 Å². The molecule has 12 nitrogen and oxygen atoms in total. The molecule has 13 heteroatoms. The van der Waals surface area contributed by atoms with Gasteiger partial charge in [-0.3, -0.25) is 4.57 Å². The number of fused-ring (bicyclic) bond motifs is 1. The van der Waals surface area contributed by atoms with E-state index in [0.29, 0.717) is 11.2 Å². The minimum absolute atomic E-state index is 0.00818. The van der Waals surface area contributed by atoms with Crippen molar-refractivity contribution in [1.82, 2.24) is 19.5 Å². The number of imidazole rings is 1. The Labute approximate surface area is 230 Å². The topological polar surface area (TPSA) is 161 Å². The molecule has 0 unspecified atom stereocenters. The Morgan fingerprint density at radius 3 is 2.03 bits per heavy atom. The molecular weight excluding hydrogens is 522 g/mol. The molecule has 0 aliphatic carbocycles. The molecule has 0 saturated carbocycles. The van der Waals surface area contributed by atoms with E-state index in [1.807, 2.05) is 33.9 Å². The van der Waals surface area contributed by atoms with Crippen molar-refractivity contribution in [3.63, 3.8) is 0 Å². The van der Waals surface area contributed by atoms with Crippen LogP contribution in [0.1, 0.15) is 75.0 Å². The van der Waals surface area contributed by atoms with Gasteiger partial charge in [0.1, 0.15) is 35.4 Å². The van der Waals surface area contributed by atoms with Crippen molar-refractivity contribution in [3.05, 3.63) is 12.7 Å². The van der Waals surface area contributed by atoms with Gasteiger partial charge in [0.25, 0.3) is 5.60 Å². The van der Waals surface area contributed by atoms with Gasteiger partial charge in [0.15, 0.2) is 19.8 Å². The first kappa shape index (κ1) is 30.9. The molecule has 3 N–H and O–H groups in total. The second kappa shape index (κ2) is 10.1. The van der Waals surface area contributed by atoms with Crippen molar-refractivity contribution < 1.29 is 33.3 Å². The largest absolute Gasteiger partial charge is 0.457 e. The summed E-state index contributed by atoms with van der Waals surface area (Å²) in [5, 5.41) is 11.0. The van der Waals surface area contributed by atoms with Crippen LogP contribution in [0.25, 0.3) is 11.2 Å². The predicted molar refractivity (Wildman–Crippen MR) is 147 cm³/mol. The van der Waals surface area contributed by atoms with Gasteiger partial charge in [0, 0.05) is 6.42 Å². The summed E-state index contributed by atoms with van der Waals surface area (Å²) in [5.74, 6) is -1.78. The van der Waals surface area contributed by atoms with E-state index >= 15 is 0 Å². The van der Waals surface area contributed by atoms with Crippen LogP contribution in [-0.2, 0) is 28.2 Å². The van der Waals surface area contributed by atoms with E-state index in [0.717, 1.165) is 0 Å². The molecule has 218 valence electrons. The van der Waals surface area contributed by atoms with E-state index in [1.54, 1.807) is 46.1 Å². The summed E-state index contributed by atoms with van der Waals surface area (Å²) in [4.78, 5) is 40.7. The second-order valence-electron chi connectivity index (χ2n) is 13.5. The fraction of sp³-hybridized carbons (Fsp3) is 0.731. The third-order valence-corrected chi connectivity index (χ3v) is 11.3. The zero-order chi connectivity index (χ0) is 29.8. The lowest BCUT2D eigenvalue weighted by molar-refractivity contribution is -0.214. The van der Waals surface area contributed by atoms with E-state index in [4.69, 9.17) is 24.4 Å². The molecule has 2 aromatic heterocycles. The molecule has 3 rings (SSSR count). The summed E-state index contributed by atoms with van der Waals surface area (Å²) in [6.07, 6.45) is -0.850. The molecule has 1 fully saturated rings. The first-order chi connectivity index (χ1) is 17.6. The third kappa shape index (κ3) is 6.26. The number of hydrogen-bond donors (Lipinski definition) is 2. The number of aliphatic hydroxyl groups is 1. The Morgan fingerprint density at radius 2 is 1.54 bits per heavy atom. The van der Waals surface area contributed by atoms with Gasteiger partial charge in [-0.05, 0) is 59.7 Å². The van der Waals surface area contributed by atoms with Gasteiger partial charge in [-0.25, -0.2) is 24.5 Å². The number of carbonyl (C=O) groups excluding carboxylic acids is 2. The van der Waals surface area contributed by atoms with Crippen molar-refractivity contribution >= 4 is 37.2 Å². The maximum atomic E-state index is 14.1. The van der Waals surface area contributed by atoms with Gasteiger partial charge >= 0.3 is 11.9 Å². The van der Waals surface area contributed by atoms with Crippen LogP contribution in [0, 0.1) is 0 Å². The normalized spacial score (nSPS) is 21.3. The molecular formula is C26H43N5O7Si. The van der Waals surface area contributed by atoms with Crippen molar-refractivity contribution in [1.29, 1.82) is 0 Å². The molecule has 0 spiro atoms. The van der Waals surface area contributed by atoms with Crippen LogP contribution in [0.2, 0.25) is 18.1 Å². The first-order valence-electron chi connectivity index (χ1n) is 13.0. The Bertz CT molecular complexity index is 1200. The van der Waals surface area contributed by atoms with Crippen molar-refractivity contribution in [3.8, 4) is 0 Å². The monoisotopic (exact) mass is 565 g/mol. The van der Waals surface area contributed by atoms with Crippen molar-refractivity contribution in [2.75, 3.05) is 5.73 Å². The molecule has 1 saturated heterocycles.